The van der Waals surface area contributed by atoms with Crippen molar-refractivity contribution < 1.29 is 9.53 Å². The van der Waals surface area contributed by atoms with E-state index in [-0.39, 0.29) is 13.2 Å². The van der Waals surface area contributed by atoms with Crippen LogP contribution in [-0.2, 0) is 9.53 Å². The summed E-state index contributed by atoms with van der Waals surface area (Å²) in [6.45, 7) is 15.2. The van der Waals surface area contributed by atoms with Crippen LogP contribution in [0, 0.1) is 0 Å². The van der Waals surface area contributed by atoms with Gasteiger partial charge in [-0.25, -0.2) is 0 Å². The fourth-order valence-electron chi connectivity index (χ4n) is 0.549. The fourth-order valence-corrected chi connectivity index (χ4v) is 0.549. The summed E-state index contributed by atoms with van der Waals surface area (Å²) < 4.78 is 4.75. The van der Waals surface area contributed by atoms with E-state index in [1.165, 1.54) is 0 Å². The molecule has 0 fully saturated rings. The molecule has 0 aliphatic carbocycles. The molecule has 0 saturated heterocycles. The van der Waals surface area contributed by atoms with Gasteiger partial charge in [-0.2, -0.15) is 0 Å². The van der Waals surface area contributed by atoms with Crippen LogP contribution in [0.5, 0.6) is 0 Å². The quantitative estimate of drug-likeness (QED) is 0.580. The van der Waals surface area contributed by atoms with Gasteiger partial charge in [-0.05, 0) is 5.57 Å². The maximum absolute atomic E-state index is 10.6. The van der Waals surface area contributed by atoms with E-state index in [1.54, 1.807) is 18.2 Å². The Morgan fingerprint density at radius 3 is 2.06 bits per heavy atom. The topological polar surface area (TPSA) is 52.3 Å². The van der Waals surface area contributed by atoms with E-state index in [0.29, 0.717) is 0 Å². The molecule has 0 aromatic heterocycles. The van der Waals surface area contributed by atoms with Crippen molar-refractivity contribution in [2.24, 2.45) is 5.73 Å². The number of hydrogen-bond acceptors (Lipinski definition) is 3. The maximum Gasteiger partial charge on any atom is 0.320 e. The fraction of sp³-hybridized carbons (Fsp3) is 0.462. The summed E-state index contributed by atoms with van der Waals surface area (Å²) in [6.07, 6.45) is 4.93. The Balaban J connectivity index is -0.000000376. The highest BCUT2D eigenvalue weighted by Crippen LogP contribution is 1.96. The Morgan fingerprint density at radius 2 is 1.75 bits per heavy atom. The molecule has 0 aromatic carbocycles. The van der Waals surface area contributed by atoms with Gasteiger partial charge in [0, 0.05) is 0 Å². The minimum Gasteiger partial charge on any atom is -0.460 e. The highest BCUT2D eigenvalue weighted by Gasteiger charge is 1.98. The SMILES string of the molecule is C=C/C=C(\C=C)COC(=O)CN.CC.CC. The average molecular weight is 227 g/mol. The molecule has 0 bridgehead atoms. The van der Waals surface area contributed by atoms with Crippen LogP contribution >= 0.6 is 0 Å². The lowest BCUT2D eigenvalue weighted by molar-refractivity contribution is -0.140. The first-order valence-electron chi connectivity index (χ1n) is 5.54. The first kappa shape index (κ1) is 20.1. The lowest BCUT2D eigenvalue weighted by atomic mass is 10.2. The lowest BCUT2D eigenvalue weighted by Gasteiger charge is -2.02. The van der Waals surface area contributed by atoms with Crippen LogP contribution in [0.15, 0.2) is 37.0 Å². The summed E-state index contributed by atoms with van der Waals surface area (Å²) in [7, 11) is 0. The molecular formula is C13H25NO2. The number of ether oxygens (including phenoxy) is 1. The van der Waals surface area contributed by atoms with Crippen molar-refractivity contribution in [3.8, 4) is 0 Å². The van der Waals surface area contributed by atoms with Crippen molar-refractivity contribution in [1.82, 2.24) is 0 Å². The van der Waals surface area contributed by atoms with Gasteiger partial charge in [0.1, 0.15) is 6.61 Å². The predicted molar refractivity (Wildman–Crippen MR) is 71.2 cm³/mol. The average Bonchev–Trinajstić information content (AvgIpc) is 2.38. The number of hydrogen-bond donors (Lipinski definition) is 1. The third-order valence-electron chi connectivity index (χ3n) is 1.16. The van der Waals surface area contributed by atoms with Gasteiger partial charge in [0.2, 0.25) is 0 Å². The molecule has 0 radical (unpaired) electrons. The minimum absolute atomic E-state index is 0.0987. The molecule has 2 N–H and O–H groups in total. The number of carbonyl (C=O) groups is 1. The van der Waals surface area contributed by atoms with E-state index in [2.05, 4.69) is 13.2 Å². The van der Waals surface area contributed by atoms with Crippen LogP contribution in [0.2, 0.25) is 0 Å². The van der Waals surface area contributed by atoms with Gasteiger partial charge in [-0.15, -0.1) is 0 Å². The number of nitrogens with two attached hydrogens (primary N) is 1. The predicted octanol–water partition coefficient (Wildman–Crippen LogP) is 2.84. The zero-order chi connectivity index (χ0) is 13.4. The van der Waals surface area contributed by atoms with E-state index < -0.39 is 5.97 Å². The van der Waals surface area contributed by atoms with Crippen molar-refractivity contribution >= 4 is 5.97 Å². The van der Waals surface area contributed by atoms with E-state index in [1.807, 2.05) is 27.7 Å². The Labute approximate surface area is 99.7 Å². The van der Waals surface area contributed by atoms with Crippen LogP contribution in [0.3, 0.4) is 0 Å². The third kappa shape index (κ3) is 15.1. The molecule has 0 aromatic rings. The van der Waals surface area contributed by atoms with Gasteiger partial charge in [0.25, 0.3) is 0 Å². The molecule has 0 aliphatic heterocycles. The highest BCUT2D eigenvalue weighted by atomic mass is 16.5. The molecule has 0 heterocycles. The number of carbonyl (C=O) groups excluding carboxylic acids is 1. The Bertz CT molecular complexity index is 208. The maximum atomic E-state index is 10.6. The van der Waals surface area contributed by atoms with E-state index in [0.717, 1.165) is 5.57 Å². The molecule has 94 valence electrons. The van der Waals surface area contributed by atoms with Gasteiger partial charge in [-0.1, -0.05) is 59.1 Å². The van der Waals surface area contributed by atoms with Crippen LogP contribution in [0.4, 0.5) is 0 Å². The van der Waals surface area contributed by atoms with Gasteiger partial charge in [0.05, 0.1) is 6.54 Å². The summed E-state index contributed by atoms with van der Waals surface area (Å²) in [5.74, 6) is -0.424. The van der Waals surface area contributed by atoms with E-state index in [4.69, 9.17) is 10.5 Å². The van der Waals surface area contributed by atoms with Crippen molar-refractivity contribution in [1.29, 1.82) is 0 Å². The molecule has 16 heavy (non-hydrogen) atoms. The van der Waals surface area contributed by atoms with Crippen molar-refractivity contribution in [2.75, 3.05) is 13.2 Å². The molecule has 3 heteroatoms. The van der Waals surface area contributed by atoms with Crippen LogP contribution in [0.1, 0.15) is 27.7 Å². The number of esters is 1. The first-order valence-corrected chi connectivity index (χ1v) is 5.54. The van der Waals surface area contributed by atoms with E-state index in [9.17, 15) is 4.79 Å². The molecule has 0 saturated carbocycles. The van der Waals surface area contributed by atoms with Gasteiger partial charge in [0.15, 0.2) is 0 Å². The summed E-state index contributed by atoms with van der Waals surface area (Å²) in [5.41, 5.74) is 5.83. The smallest absolute Gasteiger partial charge is 0.320 e. The molecule has 0 amide bonds. The second kappa shape index (κ2) is 19.3. The number of allylic oxidation sites excluding steroid dienone is 2. The molecule has 0 spiro atoms. The highest BCUT2D eigenvalue weighted by molar-refractivity contribution is 5.71. The van der Waals surface area contributed by atoms with Gasteiger partial charge in [-0.3, -0.25) is 4.79 Å². The molecule has 0 atom stereocenters. The van der Waals surface area contributed by atoms with Crippen LogP contribution in [-0.4, -0.2) is 19.1 Å². The second-order valence-corrected chi connectivity index (χ2v) is 2.05. The van der Waals surface area contributed by atoms with E-state index >= 15 is 0 Å². The minimum atomic E-state index is -0.424. The normalized spacial score (nSPS) is 8.69. The van der Waals surface area contributed by atoms with Crippen LogP contribution in [0.25, 0.3) is 0 Å². The zero-order valence-corrected chi connectivity index (χ0v) is 11.0. The standard InChI is InChI=1S/C9H13NO2.2C2H6/c1-3-5-8(4-2)7-12-9(11)6-10;2*1-2/h3-5H,1-2,6-7,10H2;2*1-2H3/b8-5+;;. The largest absolute Gasteiger partial charge is 0.460 e. The van der Waals surface area contributed by atoms with Gasteiger partial charge < -0.3 is 10.5 Å². The number of rotatable bonds is 5. The summed E-state index contributed by atoms with van der Waals surface area (Å²) in [6, 6.07) is 0. The van der Waals surface area contributed by atoms with Crippen molar-refractivity contribution in [2.45, 2.75) is 27.7 Å². The first-order chi connectivity index (χ1) is 7.74. The Hall–Kier alpha value is -1.35. The molecule has 0 rings (SSSR count). The Kier molecular flexibility index (Phi) is 24.2. The lowest BCUT2D eigenvalue weighted by Crippen LogP contribution is -2.17. The molecular weight excluding hydrogens is 202 g/mol. The monoisotopic (exact) mass is 227 g/mol. The molecule has 0 aliphatic rings. The van der Waals surface area contributed by atoms with Crippen LogP contribution < -0.4 is 5.73 Å². The van der Waals surface area contributed by atoms with Crippen molar-refractivity contribution in [3.63, 3.8) is 0 Å². The summed E-state index contributed by atoms with van der Waals surface area (Å²) in [4.78, 5) is 10.6. The third-order valence-corrected chi connectivity index (χ3v) is 1.16. The summed E-state index contributed by atoms with van der Waals surface area (Å²) >= 11 is 0. The zero-order valence-electron chi connectivity index (χ0n) is 11.0. The Morgan fingerprint density at radius 1 is 1.25 bits per heavy atom. The molecule has 0 unspecified atom stereocenters. The second-order valence-electron chi connectivity index (χ2n) is 2.05. The van der Waals surface area contributed by atoms with Gasteiger partial charge >= 0.3 is 5.97 Å². The summed E-state index contributed by atoms with van der Waals surface area (Å²) in [5, 5.41) is 0. The molecule has 3 nitrogen and oxygen atoms in total. The van der Waals surface area contributed by atoms with Crippen molar-refractivity contribution in [3.05, 3.63) is 37.0 Å².